The second-order valence-corrected chi connectivity index (χ2v) is 5.81. The number of aromatic nitrogens is 3. The second kappa shape index (κ2) is 7.20. The van der Waals surface area contributed by atoms with E-state index in [1.807, 2.05) is 12.4 Å². The average molecular weight is 297 g/mol. The number of pyridine rings is 1. The first-order valence-electron chi connectivity index (χ1n) is 8.00. The summed E-state index contributed by atoms with van der Waals surface area (Å²) in [6.45, 7) is 3.15. The Kier molecular flexibility index (Phi) is 4.83. The van der Waals surface area contributed by atoms with Gasteiger partial charge in [0.15, 0.2) is 0 Å². The molecule has 0 amide bonds. The van der Waals surface area contributed by atoms with Gasteiger partial charge in [0.25, 0.3) is 0 Å². The maximum Gasteiger partial charge on any atom is 0.134 e. The molecule has 2 aromatic heterocycles. The van der Waals surface area contributed by atoms with Crippen molar-refractivity contribution in [2.75, 3.05) is 36.5 Å². The van der Waals surface area contributed by atoms with Gasteiger partial charge in [-0.1, -0.05) is 0 Å². The van der Waals surface area contributed by atoms with Crippen molar-refractivity contribution in [3.63, 3.8) is 0 Å². The topological polar surface area (TPSA) is 45.2 Å². The summed E-state index contributed by atoms with van der Waals surface area (Å²) in [4.78, 5) is 17.5. The van der Waals surface area contributed by atoms with Crippen LogP contribution >= 0.6 is 0 Å². The van der Waals surface area contributed by atoms with Crippen LogP contribution in [0.25, 0.3) is 0 Å². The molecule has 5 nitrogen and oxygen atoms in total. The van der Waals surface area contributed by atoms with Crippen molar-refractivity contribution in [3.05, 3.63) is 42.5 Å². The first kappa shape index (κ1) is 14.8. The lowest BCUT2D eigenvalue weighted by molar-refractivity contribution is 0.573. The molecular weight excluding hydrogens is 274 g/mol. The minimum Gasteiger partial charge on any atom is -0.359 e. The summed E-state index contributed by atoms with van der Waals surface area (Å²) in [5.74, 6) is 2.05. The number of hydrogen-bond acceptors (Lipinski definition) is 5. The monoisotopic (exact) mass is 297 g/mol. The van der Waals surface area contributed by atoms with Crippen LogP contribution in [0, 0.1) is 0 Å². The zero-order valence-electron chi connectivity index (χ0n) is 13.1. The molecule has 1 saturated heterocycles. The standard InChI is InChI=1S/C17H23N5/c1-21(12-7-15-5-8-18-9-6-15)16-13-17(20-14-19-16)22-10-3-2-4-11-22/h5-6,8-9,13-14H,2-4,7,10-12H2,1H3. The fraction of sp³-hybridized carbons (Fsp3) is 0.471. The molecule has 0 spiro atoms. The van der Waals surface area contributed by atoms with Crippen LogP contribution in [0.2, 0.25) is 0 Å². The molecule has 0 aromatic carbocycles. The summed E-state index contributed by atoms with van der Waals surface area (Å²) in [5, 5.41) is 0. The smallest absolute Gasteiger partial charge is 0.134 e. The highest BCUT2D eigenvalue weighted by Crippen LogP contribution is 2.20. The largest absolute Gasteiger partial charge is 0.359 e. The van der Waals surface area contributed by atoms with Gasteiger partial charge in [-0.25, -0.2) is 9.97 Å². The molecule has 0 atom stereocenters. The Morgan fingerprint density at radius 3 is 2.64 bits per heavy atom. The molecule has 3 rings (SSSR count). The first-order valence-corrected chi connectivity index (χ1v) is 8.00. The molecular formula is C17H23N5. The minimum atomic E-state index is 0.931. The van der Waals surface area contributed by atoms with Crippen LogP contribution in [0.15, 0.2) is 36.9 Å². The van der Waals surface area contributed by atoms with E-state index in [0.29, 0.717) is 0 Å². The molecule has 116 valence electrons. The summed E-state index contributed by atoms with van der Waals surface area (Å²) in [6.07, 6.45) is 10.2. The van der Waals surface area contributed by atoms with Gasteiger partial charge in [0, 0.05) is 45.1 Å². The summed E-state index contributed by atoms with van der Waals surface area (Å²) < 4.78 is 0. The maximum absolute atomic E-state index is 4.44. The van der Waals surface area contributed by atoms with E-state index < -0.39 is 0 Å². The van der Waals surface area contributed by atoms with Gasteiger partial charge in [-0.3, -0.25) is 4.98 Å². The molecule has 3 heterocycles. The molecule has 1 aliphatic rings. The van der Waals surface area contributed by atoms with Crippen molar-refractivity contribution in [1.82, 2.24) is 15.0 Å². The second-order valence-electron chi connectivity index (χ2n) is 5.81. The van der Waals surface area contributed by atoms with Gasteiger partial charge in [0.1, 0.15) is 18.0 Å². The van der Waals surface area contributed by atoms with E-state index in [0.717, 1.165) is 37.7 Å². The summed E-state index contributed by atoms with van der Waals surface area (Å²) in [7, 11) is 2.09. The van der Waals surface area contributed by atoms with Crippen LogP contribution in [0.3, 0.4) is 0 Å². The molecule has 0 N–H and O–H groups in total. The Balaban J connectivity index is 1.63. The predicted octanol–water partition coefficient (Wildman–Crippen LogP) is 2.54. The van der Waals surface area contributed by atoms with Crippen molar-refractivity contribution in [2.45, 2.75) is 25.7 Å². The number of likely N-dealkylation sites (N-methyl/N-ethyl adjacent to an activating group) is 1. The molecule has 1 aliphatic heterocycles. The highest BCUT2D eigenvalue weighted by Gasteiger charge is 2.13. The van der Waals surface area contributed by atoms with Gasteiger partial charge in [-0.2, -0.15) is 0 Å². The van der Waals surface area contributed by atoms with Gasteiger partial charge < -0.3 is 9.80 Å². The molecule has 0 radical (unpaired) electrons. The van der Waals surface area contributed by atoms with E-state index >= 15 is 0 Å². The van der Waals surface area contributed by atoms with Crippen molar-refractivity contribution in [1.29, 1.82) is 0 Å². The van der Waals surface area contributed by atoms with Crippen molar-refractivity contribution < 1.29 is 0 Å². The van der Waals surface area contributed by atoms with Gasteiger partial charge in [-0.05, 0) is 43.4 Å². The van der Waals surface area contributed by atoms with E-state index in [1.54, 1.807) is 6.33 Å². The van der Waals surface area contributed by atoms with Crippen molar-refractivity contribution >= 4 is 11.6 Å². The van der Waals surface area contributed by atoms with E-state index in [1.165, 1.54) is 24.8 Å². The average Bonchev–Trinajstić information content (AvgIpc) is 2.61. The van der Waals surface area contributed by atoms with E-state index in [4.69, 9.17) is 0 Å². The Hall–Kier alpha value is -2.17. The highest BCUT2D eigenvalue weighted by atomic mass is 15.2. The summed E-state index contributed by atoms with van der Waals surface area (Å²) in [6, 6.07) is 6.23. The first-order chi connectivity index (χ1) is 10.8. The van der Waals surface area contributed by atoms with Crippen LogP contribution in [0.5, 0.6) is 0 Å². The zero-order chi connectivity index (χ0) is 15.2. The lowest BCUT2D eigenvalue weighted by Crippen LogP contribution is -2.30. The van der Waals surface area contributed by atoms with E-state index in [9.17, 15) is 0 Å². The van der Waals surface area contributed by atoms with Crippen LogP contribution in [-0.4, -0.2) is 41.6 Å². The normalized spacial score (nSPS) is 14.9. The predicted molar refractivity (Wildman–Crippen MR) is 89.3 cm³/mol. The third kappa shape index (κ3) is 3.72. The van der Waals surface area contributed by atoms with Crippen molar-refractivity contribution in [2.24, 2.45) is 0 Å². The molecule has 5 heteroatoms. The Morgan fingerprint density at radius 1 is 1.09 bits per heavy atom. The minimum absolute atomic E-state index is 0.931. The number of rotatable bonds is 5. The Morgan fingerprint density at radius 2 is 1.86 bits per heavy atom. The number of piperidine rings is 1. The SMILES string of the molecule is CN(CCc1ccncc1)c1cc(N2CCCCC2)ncn1. The summed E-state index contributed by atoms with van der Waals surface area (Å²) >= 11 is 0. The number of nitrogens with zero attached hydrogens (tertiary/aromatic N) is 5. The van der Waals surface area contributed by atoms with Crippen LogP contribution < -0.4 is 9.80 Å². The lowest BCUT2D eigenvalue weighted by Gasteiger charge is -2.28. The molecule has 22 heavy (non-hydrogen) atoms. The third-order valence-electron chi connectivity index (χ3n) is 4.19. The molecule has 0 bridgehead atoms. The molecule has 2 aromatic rings. The molecule has 0 unspecified atom stereocenters. The third-order valence-corrected chi connectivity index (χ3v) is 4.19. The highest BCUT2D eigenvalue weighted by molar-refractivity contribution is 5.50. The maximum atomic E-state index is 4.44. The molecule has 0 saturated carbocycles. The van der Waals surface area contributed by atoms with E-state index in [2.05, 4.69) is 50.0 Å². The van der Waals surface area contributed by atoms with Gasteiger partial charge in [0.05, 0.1) is 0 Å². The quantitative estimate of drug-likeness (QED) is 0.848. The van der Waals surface area contributed by atoms with Gasteiger partial charge in [-0.15, -0.1) is 0 Å². The lowest BCUT2D eigenvalue weighted by atomic mass is 10.1. The van der Waals surface area contributed by atoms with E-state index in [-0.39, 0.29) is 0 Å². The van der Waals surface area contributed by atoms with Gasteiger partial charge >= 0.3 is 0 Å². The zero-order valence-corrected chi connectivity index (χ0v) is 13.1. The fourth-order valence-corrected chi connectivity index (χ4v) is 2.80. The van der Waals surface area contributed by atoms with Crippen LogP contribution in [0.4, 0.5) is 11.6 Å². The van der Waals surface area contributed by atoms with Crippen LogP contribution in [-0.2, 0) is 6.42 Å². The van der Waals surface area contributed by atoms with Crippen molar-refractivity contribution in [3.8, 4) is 0 Å². The molecule has 1 fully saturated rings. The Bertz CT molecular complexity index is 581. The summed E-state index contributed by atoms with van der Waals surface area (Å²) in [5.41, 5.74) is 1.30. The fourth-order valence-electron chi connectivity index (χ4n) is 2.80. The Labute approximate surface area is 132 Å². The van der Waals surface area contributed by atoms with Crippen LogP contribution in [0.1, 0.15) is 24.8 Å². The molecule has 0 aliphatic carbocycles. The van der Waals surface area contributed by atoms with Gasteiger partial charge in [0.2, 0.25) is 0 Å². The number of hydrogen-bond donors (Lipinski definition) is 0. The number of anilines is 2.